The fourth-order valence-electron chi connectivity index (χ4n) is 3.39. The minimum Gasteiger partial charge on any atom is -0.335 e. The molecular formula is C21H18N6O2. The number of nitrogens with one attached hydrogen (secondary N) is 2. The van der Waals surface area contributed by atoms with Crippen LogP contribution in [0.5, 0.6) is 0 Å². The standard InChI is InChI=1S/C21H18N6O2/c1-12(28)14-9-15(11-22-10-14)17-18(20-25-26-21(29)27(20)16-7-8-16)24-19(23-17)13-5-3-2-4-6-13/h2-6,9-11,16H,7-8H2,1H3,(H,23,24)(H,26,29). The van der Waals surface area contributed by atoms with Crippen LogP contribution in [0, 0.1) is 0 Å². The van der Waals surface area contributed by atoms with Gasteiger partial charge in [0.1, 0.15) is 17.2 Å². The van der Waals surface area contributed by atoms with E-state index in [1.165, 1.54) is 13.1 Å². The third kappa shape index (κ3) is 3.08. The molecule has 144 valence electrons. The molecular weight excluding hydrogens is 368 g/mol. The Morgan fingerprint density at radius 2 is 1.93 bits per heavy atom. The summed E-state index contributed by atoms with van der Waals surface area (Å²) in [4.78, 5) is 36.5. The number of benzene rings is 1. The van der Waals surface area contributed by atoms with E-state index in [0.717, 1.165) is 18.4 Å². The molecule has 2 N–H and O–H groups in total. The number of imidazole rings is 1. The molecule has 0 saturated heterocycles. The molecule has 1 fully saturated rings. The molecule has 1 aromatic carbocycles. The van der Waals surface area contributed by atoms with Crippen LogP contribution in [0.15, 0.2) is 53.6 Å². The summed E-state index contributed by atoms with van der Waals surface area (Å²) in [6, 6.07) is 11.6. The number of Topliss-reactive ketones (excluding diaryl/α,β-unsaturated/α-hetero) is 1. The summed E-state index contributed by atoms with van der Waals surface area (Å²) in [6.07, 6.45) is 5.09. The van der Waals surface area contributed by atoms with E-state index in [0.29, 0.717) is 34.2 Å². The van der Waals surface area contributed by atoms with Crippen LogP contribution in [0.2, 0.25) is 0 Å². The van der Waals surface area contributed by atoms with E-state index in [1.807, 2.05) is 30.3 Å². The number of H-pyrrole nitrogens is 2. The van der Waals surface area contributed by atoms with E-state index in [9.17, 15) is 9.59 Å². The Morgan fingerprint density at radius 3 is 2.66 bits per heavy atom. The maximum absolute atomic E-state index is 12.3. The summed E-state index contributed by atoms with van der Waals surface area (Å²) in [5.74, 6) is 1.09. The molecule has 1 aliphatic carbocycles. The predicted molar refractivity (Wildman–Crippen MR) is 107 cm³/mol. The van der Waals surface area contributed by atoms with E-state index in [2.05, 4.69) is 20.2 Å². The van der Waals surface area contributed by atoms with Crippen molar-refractivity contribution in [2.45, 2.75) is 25.8 Å². The minimum absolute atomic E-state index is 0.0747. The van der Waals surface area contributed by atoms with Crippen molar-refractivity contribution in [1.82, 2.24) is 29.7 Å². The van der Waals surface area contributed by atoms with Crippen LogP contribution in [0.1, 0.15) is 36.2 Å². The largest absolute Gasteiger partial charge is 0.343 e. The summed E-state index contributed by atoms with van der Waals surface area (Å²) in [6.45, 7) is 1.50. The summed E-state index contributed by atoms with van der Waals surface area (Å²) >= 11 is 0. The number of nitrogens with zero attached hydrogens (tertiary/aromatic N) is 4. The number of aromatic nitrogens is 6. The highest BCUT2D eigenvalue weighted by Gasteiger charge is 2.31. The first kappa shape index (κ1) is 17.3. The molecule has 0 unspecified atom stereocenters. The van der Waals surface area contributed by atoms with Crippen LogP contribution >= 0.6 is 0 Å². The quantitative estimate of drug-likeness (QED) is 0.512. The molecule has 3 heterocycles. The molecule has 4 aromatic rings. The molecule has 1 aliphatic rings. The lowest BCUT2D eigenvalue weighted by Crippen LogP contribution is -2.16. The predicted octanol–water partition coefficient (Wildman–Crippen LogP) is 3.23. The normalized spacial score (nSPS) is 13.6. The van der Waals surface area contributed by atoms with Crippen LogP contribution in [0.4, 0.5) is 0 Å². The lowest BCUT2D eigenvalue weighted by molar-refractivity contribution is 0.101. The molecule has 0 atom stereocenters. The molecule has 0 radical (unpaired) electrons. The number of carbonyl (C=O) groups is 1. The van der Waals surface area contributed by atoms with Crippen molar-refractivity contribution >= 4 is 5.78 Å². The minimum atomic E-state index is -0.236. The first-order valence-corrected chi connectivity index (χ1v) is 9.41. The van der Waals surface area contributed by atoms with Gasteiger partial charge >= 0.3 is 5.69 Å². The Morgan fingerprint density at radius 1 is 1.14 bits per heavy atom. The molecule has 8 heteroatoms. The van der Waals surface area contributed by atoms with Gasteiger partial charge in [-0.25, -0.2) is 14.9 Å². The summed E-state index contributed by atoms with van der Waals surface area (Å²) in [5.41, 5.74) is 3.08. The van der Waals surface area contributed by atoms with Crippen molar-refractivity contribution in [3.63, 3.8) is 0 Å². The van der Waals surface area contributed by atoms with E-state index in [4.69, 9.17) is 4.98 Å². The third-order valence-electron chi connectivity index (χ3n) is 5.01. The van der Waals surface area contributed by atoms with E-state index in [-0.39, 0.29) is 17.5 Å². The van der Waals surface area contributed by atoms with Gasteiger partial charge in [-0.1, -0.05) is 30.3 Å². The average Bonchev–Trinajstić information content (AvgIpc) is 3.36. The number of ketones is 1. The van der Waals surface area contributed by atoms with E-state index < -0.39 is 0 Å². The highest BCUT2D eigenvalue weighted by molar-refractivity contribution is 5.95. The second kappa shape index (κ2) is 6.66. The summed E-state index contributed by atoms with van der Waals surface area (Å²) in [7, 11) is 0. The fourth-order valence-corrected chi connectivity index (χ4v) is 3.39. The van der Waals surface area contributed by atoms with Crippen molar-refractivity contribution in [1.29, 1.82) is 0 Å². The van der Waals surface area contributed by atoms with Crippen molar-refractivity contribution < 1.29 is 4.79 Å². The van der Waals surface area contributed by atoms with Gasteiger partial charge < -0.3 is 4.98 Å². The Kier molecular flexibility index (Phi) is 3.97. The third-order valence-corrected chi connectivity index (χ3v) is 5.01. The van der Waals surface area contributed by atoms with Crippen LogP contribution in [0.25, 0.3) is 34.2 Å². The fraction of sp³-hybridized carbons (Fsp3) is 0.190. The number of hydrogen-bond donors (Lipinski definition) is 2. The molecule has 0 aliphatic heterocycles. The molecule has 0 spiro atoms. The summed E-state index contributed by atoms with van der Waals surface area (Å²) in [5, 5.41) is 6.82. The zero-order valence-corrected chi connectivity index (χ0v) is 15.7. The highest BCUT2D eigenvalue weighted by Crippen LogP contribution is 2.38. The van der Waals surface area contributed by atoms with Gasteiger partial charge in [-0.2, -0.15) is 5.10 Å². The van der Waals surface area contributed by atoms with Crippen LogP contribution in [0.3, 0.4) is 0 Å². The van der Waals surface area contributed by atoms with Gasteiger partial charge in [0.2, 0.25) is 0 Å². The highest BCUT2D eigenvalue weighted by atomic mass is 16.2. The van der Waals surface area contributed by atoms with Crippen molar-refractivity contribution in [3.8, 4) is 34.2 Å². The van der Waals surface area contributed by atoms with Gasteiger partial charge in [0.05, 0.1) is 0 Å². The maximum Gasteiger partial charge on any atom is 0.343 e. The lowest BCUT2D eigenvalue weighted by atomic mass is 10.1. The summed E-state index contributed by atoms with van der Waals surface area (Å²) < 4.78 is 1.67. The van der Waals surface area contributed by atoms with Crippen LogP contribution in [-0.2, 0) is 0 Å². The number of carbonyl (C=O) groups excluding carboxylic acids is 1. The van der Waals surface area contributed by atoms with Crippen molar-refractivity contribution in [2.24, 2.45) is 0 Å². The molecule has 3 aromatic heterocycles. The SMILES string of the molecule is CC(=O)c1cncc(-c2nc(-c3ccccc3)[nH]c2-c2n[nH]c(=O)n2C2CC2)c1. The number of aromatic amines is 2. The molecule has 29 heavy (non-hydrogen) atoms. The first-order valence-electron chi connectivity index (χ1n) is 9.41. The molecule has 0 bridgehead atoms. The molecule has 1 saturated carbocycles. The zero-order valence-electron chi connectivity index (χ0n) is 15.7. The van der Waals surface area contributed by atoms with Crippen LogP contribution < -0.4 is 5.69 Å². The van der Waals surface area contributed by atoms with Gasteiger partial charge in [-0.05, 0) is 25.8 Å². The molecule has 8 nitrogen and oxygen atoms in total. The Labute approximate surface area is 165 Å². The lowest BCUT2D eigenvalue weighted by Gasteiger charge is -2.05. The Hall–Kier alpha value is -3.81. The topological polar surface area (TPSA) is 109 Å². The Bertz CT molecular complexity index is 1260. The smallest absolute Gasteiger partial charge is 0.335 e. The van der Waals surface area contributed by atoms with Gasteiger partial charge in [-0.3, -0.25) is 14.3 Å². The van der Waals surface area contributed by atoms with Crippen molar-refractivity contribution in [2.75, 3.05) is 0 Å². The maximum atomic E-state index is 12.3. The monoisotopic (exact) mass is 386 g/mol. The van der Waals surface area contributed by atoms with Gasteiger partial charge in [0.15, 0.2) is 11.6 Å². The zero-order chi connectivity index (χ0) is 20.0. The van der Waals surface area contributed by atoms with E-state index in [1.54, 1.807) is 16.8 Å². The molecule has 0 amide bonds. The molecule has 5 rings (SSSR count). The average molecular weight is 386 g/mol. The van der Waals surface area contributed by atoms with Gasteiger partial charge in [0, 0.05) is 35.1 Å². The second-order valence-corrected chi connectivity index (χ2v) is 7.15. The van der Waals surface area contributed by atoms with Gasteiger partial charge in [0.25, 0.3) is 0 Å². The van der Waals surface area contributed by atoms with E-state index >= 15 is 0 Å². The number of pyridine rings is 1. The van der Waals surface area contributed by atoms with Crippen molar-refractivity contribution in [3.05, 3.63) is 64.8 Å². The second-order valence-electron chi connectivity index (χ2n) is 7.15. The first-order chi connectivity index (χ1) is 14.1. The van der Waals surface area contributed by atoms with Crippen LogP contribution in [-0.4, -0.2) is 35.5 Å². The number of hydrogen-bond acceptors (Lipinski definition) is 5. The number of rotatable bonds is 5. The Balaban J connectivity index is 1.73. The van der Waals surface area contributed by atoms with Gasteiger partial charge in [-0.15, -0.1) is 0 Å².